The Morgan fingerprint density at radius 2 is 1.16 bits per heavy atom. The lowest BCUT2D eigenvalue weighted by molar-refractivity contribution is 0.516. The van der Waals surface area contributed by atoms with Gasteiger partial charge < -0.3 is 9.13 Å². The largest absolute Gasteiger partial charge is 0.330 e. The van der Waals surface area contributed by atoms with Crippen LogP contribution in [-0.4, -0.2) is 19.1 Å². The van der Waals surface area contributed by atoms with Gasteiger partial charge in [0.15, 0.2) is 0 Å². The molecule has 0 N–H and O–H groups in total. The summed E-state index contributed by atoms with van der Waals surface area (Å²) >= 11 is 0. The molecular weight excluding hydrogens is 322 g/mol. The highest BCUT2D eigenvalue weighted by atomic mass is 19.1. The maximum absolute atomic E-state index is 13.6. The van der Waals surface area contributed by atoms with Crippen LogP contribution in [0.1, 0.15) is 25.5 Å². The van der Waals surface area contributed by atoms with E-state index in [1.807, 2.05) is 37.1 Å². The number of hydrogen-bond acceptors (Lipinski definition) is 2. The topological polar surface area (TPSA) is 35.6 Å². The van der Waals surface area contributed by atoms with E-state index in [9.17, 15) is 8.78 Å². The molecule has 0 atom stereocenters. The van der Waals surface area contributed by atoms with E-state index >= 15 is 0 Å². The zero-order valence-electron chi connectivity index (χ0n) is 14.5. The number of hydrogen-bond donors (Lipinski definition) is 0. The molecule has 0 unspecified atom stereocenters. The van der Waals surface area contributed by atoms with Gasteiger partial charge in [-0.25, -0.2) is 18.7 Å². The lowest BCUT2D eigenvalue weighted by atomic mass is 9.91. The zero-order chi connectivity index (χ0) is 17.9. The summed E-state index contributed by atoms with van der Waals surface area (Å²) in [6.45, 7) is 4.03. The van der Waals surface area contributed by atoms with Crippen molar-refractivity contribution in [2.24, 2.45) is 14.1 Å². The van der Waals surface area contributed by atoms with E-state index in [1.54, 1.807) is 12.1 Å². The number of halogens is 2. The molecule has 2 aromatic carbocycles. The van der Waals surface area contributed by atoms with Crippen molar-refractivity contribution in [3.05, 3.63) is 59.7 Å². The van der Waals surface area contributed by atoms with Gasteiger partial charge in [-0.3, -0.25) is 0 Å². The first-order chi connectivity index (χ1) is 11.8. The maximum Gasteiger partial charge on any atom is 0.125 e. The summed E-state index contributed by atoms with van der Waals surface area (Å²) in [6.07, 6.45) is 0. The van der Waals surface area contributed by atoms with Gasteiger partial charge in [-0.05, 0) is 50.2 Å². The summed E-state index contributed by atoms with van der Waals surface area (Å²) < 4.78 is 31.0. The van der Waals surface area contributed by atoms with Crippen molar-refractivity contribution in [3.63, 3.8) is 0 Å². The Morgan fingerprint density at radius 1 is 0.760 bits per heavy atom. The van der Waals surface area contributed by atoms with Crippen LogP contribution in [0.2, 0.25) is 0 Å². The van der Waals surface area contributed by atoms with Gasteiger partial charge in [0, 0.05) is 14.1 Å². The molecule has 0 spiro atoms. The van der Waals surface area contributed by atoms with Crippen LogP contribution in [-0.2, 0) is 19.5 Å². The smallest absolute Gasteiger partial charge is 0.125 e. The predicted octanol–water partition coefficient (Wildman–Crippen LogP) is 4.06. The molecule has 0 aliphatic rings. The molecule has 2 aromatic heterocycles. The lowest BCUT2D eigenvalue weighted by Gasteiger charge is -2.23. The van der Waals surface area contributed by atoms with Crippen molar-refractivity contribution < 1.29 is 8.78 Å². The van der Waals surface area contributed by atoms with Gasteiger partial charge in [0.05, 0.1) is 27.5 Å². The minimum atomic E-state index is -0.547. The molecule has 0 fully saturated rings. The third-order valence-corrected chi connectivity index (χ3v) is 4.80. The molecule has 0 saturated heterocycles. The van der Waals surface area contributed by atoms with Gasteiger partial charge in [0.25, 0.3) is 0 Å². The number of nitrogens with zero attached hydrogens (tertiary/aromatic N) is 4. The van der Waals surface area contributed by atoms with Crippen molar-refractivity contribution in [1.29, 1.82) is 0 Å². The SMILES string of the molecule is Cn1c(C(C)(C)c2nc3ccc(F)cc3n2C)nc2ccc(F)cc21. The molecule has 0 aliphatic heterocycles. The number of benzene rings is 2. The second-order valence-corrected chi connectivity index (χ2v) is 6.88. The standard InChI is InChI=1S/C19H18F2N4/c1-19(2,17-22-13-7-5-11(20)9-15(13)24(17)3)18-23-14-8-6-12(21)10-16(14)25(18)4/h5-10H,1-4H3. The van der Waals surface area contributed by atoms with Gasteiger partial charge >= 0.3 is 0 Å². The van der Waals surface area contributed by atoms with E-state index in [0.29, 0.717) is 0 Å². The minimum Gasteiger partial charge on any atom is -0.330 e. The zero-order valence-corrected chi connectivity index (χ0v) is 14.5. The van der Waals surface area contributed by atoms with Gasteiger partial charge in [0.2, 0.25) is 0 Å². The van der Waals surface area contributed by atoms with Crippen LogP contribution in [0.3, 0.4) is 0 Å². The highest BCUT2D eigenvalue weighted by Crippen LogP contribution is 2.33. The van der Waals surface area contributed by atoms with E-state index in [0.717, 1.165) is 33.7 Å². The summed E-state index contributed by atoms with van der Waals surface area (Å²) in [7, 11) is 3.74. The Hall–Kier alpha value is -2.76. The van der Waals surface area contributed by atoms with Gasteiger partial charge in [-0.15, -0.1) is 0 Å². The summed E-state index contributed by atoms with van der Waals surface area (Å²) in [5.41, 5.74) is 2.38. The molecule has 4 rings (SSSR count). The third kappa shape index (κ3) is 2.24. The molecule has 0 radical (unpaired) electrons. The molecule has 0 amide bonds. The number of aryl methyl sites for hydroxylation is 2. The average molecular weight is 340 g/mol. The van der Waals surface area contributed by atoms with Crippen molar-refractivity contribution >= 4 is 22.1 Å². The van der Waals surface area contributed by atoms with Crippen LogP contribution in [0.4, 0.5) is 8.78 Å². The van der Waals surface area contributed by atoms with Crippen LogP contribution in [0.25, 0.3) is 22.1 Å². The molecule has 0 saturated carbocycles. The van der Waals surface area contributed by atoms with E-state index in [-0.39, 0.29) is 11.6 Å². The molecule has 0 aliphatic carbocycles. The van der Waals surface area contributed by atoms with Crippen molar-refractivity contribution in [2.45, 2.75) is 19.3 Å². The highest BCUT2D eigenvalue weighted by Gasteiger charge is 2.33. The fraction of sp³-hybridized carbons (Fsp3) is 0.263. The van der Waals surface area contributed by atoms with E-state index in [1.165, 1.54) is 24.3 Å². The number of fused-ring (bicyclic) bond motifs is 2. The summed E-state index contributed by atoms with van der Waals surface area (Å²) in [4.78, 5) is 9.40. The maximum atomic E-state index is 13.6. The quantitative estimate of drug-likeness (QED) is 0.551. The van der Waals surface area contributed by atoms with Gasteiger partial charge in [-0.1, -0.05) is 0 Å². The fourth-order valence-electron chi connectivity index (χ4n) is 3.54. The number of aromatic nitrogens is 4. The molecule has 0 bridgehead atoms. The first-order valence-electron chi connectivity index (χ1n) is 8.04. The van der Waals surface area contributed by atoms with Crippen LogP contribution in [0, 0.1) is 11.6 Å². The van der Waals surface area contributed by atoms with Gasteiger partial charge in [0.1, 0.15) is 23.3 Å². The van der Waals surface area contributed by atoms with E-state index < -0.39 is 5.41 Å². The minimum absolute atomic E-state index is 0.293. The first kappa shape index (κ1) is 15.7. The normalized spacial score (nSPS) is 12.4. The Balaban J connectivity index is 1.96. The molecule has 25 heavy (non-hydrogen) atoms. The van der Waals surface area contributed by atoms with Crippen molar-refractivity contribution in [1.82, 2.24) is 19.1 Å². The van der Waals surface area contributed by atoms with Crippen molar-refractivity contribution in [3.8, 4) is 0 Å². The second-order valence-electron chi connectivity index (χ2n) is 6.88. The summed E-state index contributed by atoms with van der Waals surface area (Å²) in [5, 5.41) is 0. The van der Waals surface area contributed by atoms with Crippen LogP contribution in [0.5, 0.6) is 0 Å². The van der Waals surface area contributed by atoms with E-state index in [2.05, 4.69) is 0 Å². The summed E-state index contributed by atoms with van der Waals surface area (Å²) in [5.74, 6) is 0.954. The Morgan fingerprint density at radius 3 is 1.56 bits per heavy atom. The molecule has 2 heterocycles. The third-order valence-electron chi connectivity index (χ3n) is 4.80. The number of imidazole rings is 2. The highest BCUT2D eigenvalue weighted by molar-refractivity contribution is 5.78. The predicted molar refractivity (Wildman–Crippen MR) is 93.5 cm³/mol. The monoisotopic (exact) mass is 340 g/mol. The van der Waals surface area contributed by atoms with Crippen LogP contribution in [0.15, 0.2) is 36.4 Å². The second kappa shape index (κ2) is 5.12. The van der Waals surface area contributed by atoms with Crippen LogP contribution >= 0.6 is 0 Å². The van der Waals surface area contributed by atoms with Crippen molar-refractivity contribution in [2.75, 3.05) is 0 Å². The Kier molecular flexibility index (Phi) is 3.22. The van der Waals surface area contributed by atoms with E-state index in [4.69, 9.17) is 9.97 Å². The fourth-order valence-corrected chi connectivity index (χ4v) is 3.54. The first-order valence-corrected chi connectivity index (χ1v) is 8.04. The lowest BCUT2D eigenvalue weighted by Crippen LogP contribution is -2.27. The molecule has 4 nitrogen and oxygen atoms in total. The number of rotatable bonds is 2. The molecular formula is C19H18F2N4. The molecule has 4 aromatic rings. The molecule has 6 heteroatoms. The molecule has 128 valence electrons. The summed E-state index contributed by atoms with van der Waals surface area (Å²) in [6, 6.07) is 9.12. The average Bonchev–Trinajstić information content (AvgIpc) is 3.07. The Bertz CT molecular complexity index is 1030. The van der Waals surface area contributed by atoms with Gasteiger partial charge in [-0.2, -0.15) is 0 Å². The van der Waals surface area contributed by atoms with Crippen LogP contribution < -0.4 is 0 Å². The Labute approximate surface area is 143 Å².